The van der Waals surface area contributed by atoms with Gasteiger partial charge in [-0.05, 0) is 62.1 Å². The van der Waals surface area contributed by atoms with Crippen molar-refractivity contribution in [3.63, 3.8) is 0 Å². The molecule has 8 heteroatoms. The molecular weight excluding hydrogens is 464 g/mol. The molecule has 1 heterocycles. The number of halogens is 6. The molecule has 0 radical (unpaired) electrons. The van der Waals surface area contributed by atoms with E-state index in [-0.39, 0.29) is 0 Å². The van der Waals surface area contributed by atoms with Crippen molar-refractivity contribution < 1.29 is 25.2 Å². The van der Waals surface area contributed by atoms with Gasteiger partial charge in [-0.25, -0.2) is 0 Å². The average molecular weight is 490 g/mol. The third-order valence-electron chi connectivity index (χ3n) is 5.80. The molecule has 1 unspecified atom stereocenters. The molecule has 3 aromatic carbocycles. The van der Waals surface area contributed by atoms with Gasteiger partial charge >= 0.3 is 33.0 Å². The van der Waals surface area contributed by atoms with Crippen LogP contribution in [0.1, 0.15) is 30.0 Å². The van der Waals surface area contributed by atoms with Crippen molar-refractivity contribution in [1.29, 1.82) is 0 Å². The summed E-state index contributed by atoms with van der Waals surface area (Å²) in [6.07, 6.45) is 3.67. The van der Waals surface area contributed by atoms with Crippen molar-refractivity contribution in [2.45, 2.75) is 38.5 Å². The Morgan fingerprint density at radius 2 is 1.19 bits per heavy atom. The second-order valence-electron chi connectivity index (χ2n) is 8.32. The van der Waals surface area contributed by atoms with Crippen LogP contribution in [0.4, 0.5) is 25.2 Å². The van der Waals surface area contributed by atoms with E-state index in [9.17, 15) is 25.2 Å². The molecule has 0 fully saturated rings. The van der Waals surface area contributed by atoms with Crippen molar-refractivity contribution >= 4 is 25.7 Å². The zero-order chi connectivity index (χ0) is 23.7. The van der Waals surface area contributed by atoms with E-state index in [0.29, 0.717) is 5.66 Å². The van der Waals surface area contributed by atoms with Crippen LogP contribution in [0, 0.1) is 6.92 Å². The Hall–Kier alpha value is -1.90. The number of aryl methyl sites for hydroxylation is 2. The Labute approximate surface area is 185 Å². The Morgan fingerprint density at radius 1 is 0.719 bits per heavy atom. The molecule has 0 N–H and O–H groups in total. The van der Waals surface area contributed by atoms with Gasteiger partial charge in [-0.2, -0.15) is 0 Å². The van der Waals surface area contributed by atoms with Crippen molar-refractivity contribution in [2.24, 2.45) is 0 Å². The molecule has 174 valence electrons. The van der Waals surface area contributed by atoms with Crippen molar-refractivity contribution in [3.8, 4) is 0 Å². The topological polar surface area (TPSA) is 0 Å². The Morgan fingerprint density at radius 3 is 1.66 bits per heavy atom. The first-order valence-corrected chi connectivity index (χ1v) is 14.4. The number of hydrogen-bond donors (Lipinski definition) is 0. The summed E-state index contributed by atoms with van der Waals surface area (Å²) in [6, 6.07) is 29.7. The number of fused-ring (bicyclic) bond motifs is 1. The predicted octanol–water partition coefficient (Wildman–Crippen LogP) is 8.88. The molecule has 0 saturated carbocycles. The summed E-state index contributed by atoms with van der Waals surface area (Å²) in [4.78, 5) is 0. The van der Waals surface area contributed by atoms with Crippen LogP contribution >= 0.6 is 15.1 Å². The minimum absolute atomic E-state index is 0.699. The number of hydrogen-bond acceptors (Lipinski definition) is 0. The number of benzene rings is 3. The molecule has 0 spiro atoms. The Kier molecular flexibility index (Phi) is 6.30. The van der Waals surface area contributed by atoms with Crippen LogP contribution in [0.2, 0.25) is 0 Å². The molecule has 0 amide bonds. The molecule has 0 aliphatic carbocycles. The molecule has 0 aromatic heterocycles. The van der Waals surface area contributed by atoms with E-state index in [1.54, 1.807) is 21.7 Å². The summed E-state index contributed by atoms with van der Waals surface area (Å²) in [5.74, 6) is 0. The van der Waals surface area contributed by atoms with Gasteiger partial charge in [0.25, 0.3) is 0 Å². The zero-order valence-electron chi connectivity index (χ0n) is 17.9. The van der Waals surface area contributed by atoms with Crippen molar-refractivity contribution in [2.75, 3.05) is 0 Å². The van der Waals surface area contributed by atoms with Gasteiger partial charge in [0.05, 0.1) is 29.7 Å². The van der Waals surface area contributed by atoms with E-state index in [1.807, 2.05) is 0 Å². The van der Waals surface area contributed by atoms with Crippen LogP contribution in [0.25, 0.3) is 0 Å². The second-order valence-corrected chi connectivity index (χ2v) is 14.2. The third-order valence-corrected chi connectivity index (χ3v) is 10.8. The average Bonchev–Trinajstić information content (AvgIpc) is 2.84. The van der Waals surface area contributed by atoms with Crippen molar-refractivity contribution in [3.05, 3.63) is 95.6 Å². The first kappa shape index (κ1) is 24.7. The molecule has 0 nitrogen and oxygen atoms in total. The molecule has 1 aliphatic heterocycles. The fourth-order valence-electron chi connectivity index (χ4n) is 4.38. The van der Waals surface area contributed by atoms with E-state index in [1.165, 1.54) is 24.6 Å². The van der Waals surface area contributed by atoms with Crippen LogP contribution in [0.15, 0.2) is 78.9 Å². The molecule has 4 rings (SSSR count). The van der Waals surface area contributed by atoms with Gasteiger partial charge in [0, 0.05) is 0 Å². The van der Waals surface area contributed by atoms with Gasteiger partial charge in [0.2, 0.25) is 0 Å². The van der Waals surface area contributed by atoms with E-state index in [2.05, 4.69) is 92.7 Å². The summed E-state index contributed by atoms with van der Waals surface area (Å²) in [5, 5.41) is 3.12. The monoisotopic (exact) mass is 490 g/mol. The maximum absolute atomic E-state index is 10.7. The molecule has 3 aromatic rings. The third kappa shape index (κ3) is 6.80. The second kappa shape index (κ2) is 8.15. The summed E-state index contributed by atoms with van der Waals surface area (Å²) in [7, 11) is -12.1. The van der Waals surface area contributed by atoms with E-state index >= 15 is 0 Å². The van der Waals surface area contributed by atoms with Crippen molar-refractivity contribution in [1.82, 2.24) is 0 Å². The predicted molar refractivity (Wildman–Crippen MR) is 125 cm³/mol. The van der Waals surface area contributed by atoms with Gasteiger partial charge in [-0.1, -0.05) is 60.2 Å². The molecule has 0 bridgehead atoms. The Balaban J connectivity index is 0.000000360. The number of rotatable bonds is 2. The fourth-order valence-corrected chi connectivity index (χ4v) is 9.19. The molecule has 1 aliphatic rings. The first-order valence-electron chi connectivity index (χ1n) is 10.3. The standard InChI is InChI=1S/C24H26P.F6P/c1-19-13-15-21-16-14-20(2)25(18-22(21)17-19,23-9-5-3-6-10-23)24-11-7-4-8-12-24;1-7(2,3,4,5)6/h3-13,15,17,20H,14,16,18H2,1-2H3;/q+1;-1. The molecule has 1 atom stereocenters. The van der Waals surface area contributed by atoms with Gasteiger partial charge in [-0.15, -0.1) is 0 Å². The van der Waals surface area contributed by atoms with Crippen LogP contribution in [0.3, 0.4) is 0 Å². The van der Waals surface area contributed by atoms with Crippen LogP contribution < -0.4 is 10.6 Å². The van der Waals surface area contributed by atoms with Crippen LogP contribution in [0.5, 0.6) is 0 Å². The normalized spacial score (nSPS) is 19.9. The van der Waals surface area contributed by atoms with Gasteiger partial charge in [-0.3, -0.25) is 0 Å². The molecular formula is C24H26F6P2. The maximum atomic E-state index is 9.87. The van der Waals surface area contributed by atoms with Crippen LogP contribution in [-0.4, -0.2) is 5.66 Å². The van der Waals surface area contributed by atoms with E-state index in [0.717, 1.165) is 0 Å². The zero-order valence-corrected chi connectivity index (χ0v) is 19.7. The van der Waals surface area contributed by atoms with Gasteiger partial charge in [0.15, 0.2) is 0 Å². The van der Waals surface area contributed by atoms with Gasteiger partial charge in [0.1, 0.15) is 0 Å². The first-order chi connectivity index (χ1) is 14.6. The summed E-state index contributed by atoms with van der Waals surface area (Å²) < 4.78 is 59.2. The minimum atomic E-state index is -10.7. The van der Waals surface area contributed by atoms with Crippen LogP contribution in [-0.2, 0) is 12.6 Å². The SMILES string of the molecule is Cc1ccc2c(c1)C[P+](c1ccccc1)(c1ccccc1)C(C)CC2.F[P-](F)(F)(F)(F)F. The summed E-state index contributed by atoms with van der Waals surface area (Å²) >= 11 is 0. The van der Waals surface area contributed by atoms with Gasteiger partial charge < -0.3 is 0 Å². The fraction of sp³-hybridized carbons (Fsp3) is 0.250. The molecule has 0 saturated heterocycles. The summed E-state index contributed by atoms with van der Waals surface area (Å²) in [6.45, 7) is 4.71. The Bertz CT molecular complexity index is 1010. The van der Waals surface area contributed by atoms with E-state index in [4.69, 9.17) is 0 Å². The summed E-state index contributed by atoms with van der Waals surface area (Å²) in [5.41, 5.74) is 5.22. The molecule has 32 heavy (non-hydrogen) atoms. The quantitative estimate of drug-likeness (QED) is 0.249. The van der Waals surface area contributed by atoms with E-state index < -0.39 is 15.1 Å².